The first-order valence-electron chi connectivity index (χ1n) is 10.1. The highest BCUT2D eigenvalue weighted by Gasteiger charge is 2.34. The number of benzene rings is 4. The van der Waals surface area contributed by atoms with Crippen molar-refractivity contribution in [3.8, 4) is 5.75 Å². The minimum atomic E-state index is -3.33. The molecule has 152 valence electrons. The average molecular weight is 422 g/mol. The normalized spacial score (nSPS) is 10.9. The topological polar surface area (TPSA) is 37.3 Å². The van der Waals surface area contributed by atoms with E-state index in [0.717, 1.165) is 11.1 Å². The van der Waals surface area contributed by atoms with Crippen LogP contribution in [0.5, 0.6) is 5.75 Å². The molecule has 0 atom stereocenters. The smallest absolute Gasteiger partial charge is 0.179 e. The van der Waals surface area contributed by atoms with Gasteiger partial charge in [0.2, 0.25) is 0 Å². The molecule has 3 heteroatoms. The van der Waals surface area contributed by atoms with Crippen molar-refractivity contribution in [3.05, 3.63) is 132 Å². The third-order valence-corrected chi connectivity index (χ3v) is 8.26. The molecule has 1 N–H and O–H groups in total. The number of hydrogen-bond donors (Lipinski definition) is 1. The predicted molar refractivity (Wildman–Crippen MR) is 130 cm³/mol. The van der Waals surface area contributed by atoms with Crippen molar-refractivity contribution >= 4 is 28.6 Å². The molecule has 0 aliphatic rings. The number of para-hydroxylation sites is 1. The molecule has 31 heavy (non-hydrogen) atoms. The van der Waals surface area contributed by atoms with Gasteiger partial charge in [0.25, 0.3) is 0 Å². The maximum absolute atomic E-state index is 15.0. The molecule has 2 nitrogen and oxygen atoms in total. The van der Waals surface area contributed by atoms with E-state index in [-0.39, 0.29) is 5.75 Å². The molecular formula is C28H23O2P. The zero-order valence-corrected chi connectivity index (χ0v) is 18.2. The monoisotopic (exact) mass is 422 g/mol. The van der Waals surface area contributed by atoms with E-state index in [2.05, 4.69) is 5.73 Å². The molecule has 0 saturated carbocycles. The molecule has 0 saturated heterocycles. The van der Waals surface area contributed by atoms with Crippen molar-refractivity contribution in [3.63, 3.8) is 0 Å². The summed E-state index contributed by atoms with van der Waals surface area (Å²) in [7, 11) is -3.33. The van der Waals surface area contributed by atoms with Crippen LogP contribution in [0.1, 0.15) is 18.1 Å². The largest absolute Gasteiger partial charge is 0.507 e. The average Bonchev–Trinajstić information content (AvgIpc) is 2.84. The molecule has 0 bridgehead atoms. The van der Waals surface area contributed by atoms with Gasteiger partial charge in [-0.1, -0.05) is 103 Å². The minimum absolute atomic E-state index is 0.0814. The fourth-order valence-electron chi connectivity index (χ4n) is 3.61. The Balaban J connectivity index is 2.12. The summed E-state index contributed by atoms with van der Waals surface area (Å²) in [6.07, 6.45) is 0. The molecule has 0 unspecified atom stereocenters. The van der Waals surface area contributed by atoms with Crippen molar-refractivity contribution in [1.82, 2.24) is 0 Å². The number of aromatic hydroxyl groups is 1. The maximum Gasteiger partial charge on any atom is 0.179 e. The Kier molecular flexibility index (Phi) is 6.05. The van der Waals surface area contributed by atoms with Gasteiger partial charge in [0.15, 0.2) is 7.14 Å². The van der Waals surface area contributed by atoms with Gasteiger partial charge < -0.3 is 9.67 Å². The lowest BCUT2D eigenvalue weighted by molar-refractivity contribution is 0.474. The summed E-state index contributed by atoms with van der Waals surface area (Å²) in [6.45, 7) is 1.95. The van der Waals surface area contributed by atoms with E-state index < -0.39 is 7.14 Å². The second kappa shape index (κ2) is 9.06. The lowest BCUT2D eigenvalue weighted by Gasteiger charge is -2.22. The molecule has 0 radical (unpaired) electrons. The first-order chi connectivity index (χ1) is 15.1. The van der Waals surface area contributed by atoms with Crippen molar-refractivity contribution in [1.29, 1.82) is 0 Å². The molecule has 0 aliphatic carbocycles. The summed E-state index contributed by atoms with van der Waals surface area (Å²) >= 11 is 0. The fourth-order valence-corrected chi connectivity index (χ4v) is 6.46. The Morgan fingerprint density at radius 2 is 1.13 bits per heavy atom. The summed E-state index contributed by atoms with van der Waals surface area (Å²) in [6, 6.07) is 35.8. The SMILES string of the molecule is CC(=C=C(c1ccccc1O)P(=O)(c1ccccc1)c1ccccc1)c1ccccc1. The van der Waals surface area contributed by atoms with Gasteiger partial charge in [0, 0.05) is 16.2 Å². The summed E-state index contributed by atoms with van der Waals surface area (Å²) < 4.78 is 15.0. The van der Waals surface area contributed by atoms with Gasteiger partial charge in [0.1, 0.15) is 5.75 Å². The van der Waals surface area contributed by atoms with Crippen LogP contribution in [-0.4, -0.2) is 5.11 Å². The van der Waals surface area contributed by atoms with Gasteiger partial charge in [0.05, 0.1) is 5.31 Å². The Bertz CT molecular complexity index is 1240. The molecule has 0 heterocycles. The highest BCUT2D eigenvalue weighted by molar-refractivity contribution is 7.87. The van der Waals surface area contributed by atoms with Gasteiger partial charge in [-0.25, -0.2) is 0 Å². The quantitative estimate of drug-likeness (QED) is 0.296. The minimum Gasteiger partial charge on any atom is -0.507 e. The summed E-state index contributed by atoms with van der Waals surface area (Å²) in [5.41, 5.74) is 5.80. The first-order valence-corrected chi connectivity index (χ1v) is 11.8. The van der Waals surface area contributed by atoms with Gasteiger partial charge in [-0.3, -0.25) is 0 Å². The van der Waals surface area contributed by atoms with Crippen LogP contribution in [0.4, 0.5) is 0 Å². The van der Waals surface area contributed by atoms with Crippen LogP contribution in [0.3, 0.4) is 0 Å². The number of phenolic OH excluding ortho intramolecular Hbond substituents is 1. The third-order valence-electron chi connectivity index (χ3n) is 5.23. The van der Waals surface area contributed by atoms with Crippen LogP contribution in [-0.2, 0) is 4.57 Å². The van der Waals surface area contributed by atoms with Crippen LogP contribution >= 0.6 is 7.14 Å². The molecule has 4 aromatic rings. The van der Waals surface area contributed by atoms with Crippen molar-refractivity contribution < 1.29 is 9.67 Å². The zero-order valence-electron chi connectivity index (χ0n) is 17.3. The van der Waals surface area contributed by atoms with E-state index in [1.54, 1.807) is 18.2 Å². The Labute approximate surface area is 183 Å². The molecule has 0 aromatic heterocycles. The molecule has 0 amide bonds. The van der Waals surface area contributed by atoms with E-state index in [4.69, 9.17) is 0 Å². The predicted octanol–water partition coefficient (Wildman–Crippen LogP) is 6.45. The van der Waals surface area contributed by atoms with Crippen molar-refractivity contribution in [2.75, 3.05) is 0 Å². The van der Waals surface area contributed by atoms with E-state index in [0.29, 0.717) is 21.5 Å². The highest BCUT2D eigenvalue weighted by Crippen LogP contribution is 2.57. The first kappa shape index (κ1) is 20.7. The molecule has 0 fully saturated rings. The van der Waals surface area contributed by atoms with E-state index >= 15 is 4.57 Å². The zero-order chi connectivity index (χ0) is 21.7. The molecule has 0 aliphatic heterocycles. The number of phenols is 1. The summed E-state index contributed by atoms with van der Waals surface area (Å²) in [4.78, 5) is 0. The van der Waals surface area contributed by atoms with Crippen LogP contribution in [0.15, 0.2) is 121 Å². The summed E-state index contributed by atoms with van der Waals surface area (Å²) in [5, 5.41) is 12.6. The number of hydrogen-bond acceptors (Lipinski definition) is 2. The van der Waals surface area contributed by atoms with E-state index in [9.17, 15) is 5.11 Å². The number of rotatable bonds is 5. The highest BCUT2D eigenvalue weighted by atomic mass is 31.2. The number of allylic oxidation sites excluding steroid dienone is 1. The Morgan fingerprint density at radius 1 is 0.677 bits per heavy atom. The lowest BCUT2D eigenvalue weighted by atomic mass is 10.1. The van der Waals surface area contributed by atoms with Gasteiger partial charge in [-0.15, -0.1) is 5.73 Å². The maximum atomic E-state index is 15.0. The Morgan fingerprint density at radius 3 is 1.65 bits per heavy atom. The van der Waals surface area contributed by atoms with Gasteiger partial charge in [-0.2, -0.15) is 0 Å². The van der Waals surface area contributed by atoms with Crippen LogP contribution in [0.2, 0.25) is 0 Å². The second-order valence-corrected chi connectivity index (χ2v) is 9.96. The Hall–Kier alpha value is -3.57. The van der Waals surface area contributed by atoms with Gasteiger partial charge >= 0.3 is 0 Å². The molecule has 4 rings (SSSR count). The van der Waals surface area contributed by atoms with Crippen LogP contribution in [0.25, 0.3) is 10.9 Å². The lowest BCUT2D eigenvalue weighted by Crippen LogP contribution is -2.16. The fraction of sp³-hybridized carbons (Fsp3) is 0.0357. The van der Waals surface area contributed by atoms with E-state index in [1.165, 1.54) is 0 Å². The van der Waals surface area contributed by atoms with E-state index in [1.807, 2.05) is 104 Å². The third kappa shape index (κ3) is 4.18. The van der Waals surface area contributed by atoms with Gasteiger partial charge in [-0.05, 0) is 30.2 Å². The van der Waals surface area contributed by atoms with Crippen LogP contribution in [0, 0.1) is 0 Å². The molecule has 4 aromatic carbocycles. The molecule has 0 spiro atoms. The second-order valence-electron chi connectivity index (χ2n) is 7.26. The van der Waals surface area contributed by atoms with Crippen LogP contribution < -0.4 is 10.6 Å². The standard InChI is InChI=1S/C28H23O2P/c1-22(23-13-5-2-6-14-23)21-28(26-19-11-12-20-27(26)29)31(30,24-15-7-3-8-16-24)25-17-9-4-10-18-25/h2-20,29H,1H3. The van der Waals surface area contributed by atoms with Crippen molar-refractivity contribution in [2.24, 2.45) is 0 Å². The summed E-state index contributed by atoms with van der Waals surface area (Å²) in [5.74, 6) is 0.0814. The molecular weight excluding hydrogens is 399 g/mol. The van der Waals surface area contributed by atoms with Crippen molar-refractivity contribution in [2.45, 2.75) is 6.92 Å².